The fraction of sp³-hybridized carbons (Fsp3) is 0.176. The zero-order chi connectivity index (χ0) is 12.7. The number of hydrogen-bond acceptors (Lipinski definition) is 0. The Morgan fingerprint density at radius 3 is 2.24 bits per heavy atom. The van der Waals surface area contributed by atoms with E-state index >= 15 is 0 Å². The van der Waals surface area contributed by atoms with Crippen molar-refractivity contribution in [2.45, 2.75) is 20.8 Å². The van der Waals surface area contributed by atoms with Crippen molar-refractivity contribution in [3.05, 3.63) is 77.9 Å². The van der Waals surface area contributed by atoms with Crippen LogP contribution in [0, 0.1) is 0 Å². The molecule has 0 amide bonds. The Bertz CT molecular complexity index is 452. The molecule has 0 heteroatoms. The summed E-state index contributed by atoms with van der Waals surface area (Å²) < 4.78 is 0. The highest BCUT2D eigenvalue weighted by atomic mass is 14.1. The Morgan fingerprint density at radius 2 is 1.71 bits per heavy atom. The van der Waals surface area contributed by atoms with Gasteiger partial charge in [0, 0.05) is 0 Å². The lowest BCUT2D eigenvalue weighted by atomic mass is 9.95. The molecule has 17 heavy (non-hydrogen) atoms. The van der Waals surface area contributed by atoms with Gasteiger partial charge in [-0.1, -0.05) is 66.8 Å². The van der Waals surface area contributed by atoms with Gasteiger partial charge in [-0.2, -0.15) is 0 Å². The topological polar surface area (TPSA) is 0 Å². The second-order valence-corrected chi connectivity index (χ2v) is 4.15. The molecule has 0 unspecified atom stereocenters. The summed E-state index contributed by atoms with van der Waals surface area (Å²) in [6.45, 7) is 10.4. The van der Waals surface area contributed by atoms with Gasteiger partial charge in [-0.3, -0.25) is 0 Å². The third kappa shape index (κ3) is 3.92. The first-order valence-electron chi connectivity index (χ1n) is 5.88. The van der Waals surface area contributed by atoms with Crippen LogP contribution in [-0.2, 0) is 0 Å². The summed E-state index contributed by atoms with van der Waals surface area (Å²) in [4.78, 5) is 0. The lowest BCUT2D eigenvalue weighted by molar-refractivity contribution is 1.38. The summed E-state index contributed by atoms with van der Waals surface area (Å²) >= 11 is 0. The summed E-state index contributed by atoms with van der Waals surface area (Å²) in [6.07, 6.45) is 8.09. The van der Waals surface area contributed by atoms with Crippen LogP contribution in [0.15, 0.2) is 72.4 Å². The second kappa shape index (κ2) is 6.70. The van der Waals surface area contributed by atoms with Gasteiger partial charge in [0.25, 0.3) is 0 Å². The van der Waals surface area contributed by atoms with Gasteiger partial charge in [0.05, 0.1) is 0 Å². The first-order valence-corrected chi connectivity index (χ1v) is 5.88. The maximum absolute atomic E-state index is 4.15. The first-order chi connectivity index (χ1) is 8.16. The van der Waals surface area contributed by atoms with E-state index in [0.29, 0.717) is 0 Å². The minimum Gasteiger partial charge on any atom is -0.0911 e. The van der Waals surface area contributed by atoms with Crippen molar-refractivity contribution in [2.75, 3.05) is 0 Å². The molecule has 0 bridgehead atoms. The molecule has 0 radical (unpaired) electrons. The average molecular weight is 224 g/mol. The predicted molar refractivity (Wildman–Crippen MR) is 77.8 cm³/mol. The normalized spacial score (nSPS) is 11.0. The maximum Gasteiger partial charge on any atom is -0.0131 e. The van der Waals surface area contributed by atoms with E-state index in [1.165, 1.54) is 16.7 Å². The van der Waals surface area contributed by atoms with Crippen LogP contribution >= 0.6 is 0 Å². The van der Waals surface area contributed by atoms with Crippen molar-refractivity contribution in [3.63, 3.8) is 0 Å². The molecule has 1 aromatic carbocycles. The molecule has 0 aromatic heterocycles. The number of hydrogen-bond donors (Lipinski definition) is 0. The van der Waals surface area contributed by atoms with Crippen LogP contribution in [0.3, 0.4) is 0 Å². The van der Waals surface area contributed by atoms with Gasteiger partial charge in [0.2, 0.25) is 0 Å². The van der Waals surface area contributed by atoms with E-state index in [4.69, 9.17) is 0 Å². The van der Waals surface area contributed by atoms with Crippen molar-refractivity contribution < 1.29 is 0 Å². The van der Waals surface area contributed by atoms with Crippen molar-refractivity contribution in [1.29, 1.82) is 0 Å². The summed E-state index contributed by atoms with van der Waals surface area (Å²) in [6, 6.07) is 10.4. The molecule has 0 fully saturated rings. The van der Waals surface area contributed by atoms with E-state index in [1.54, 1.807) is 0 Å². The van der Waals surface area contributed by atoms with E-state index in [0.717, 1.165) is 5.57 Å². The fourth-order valence-electron chi connectivity index (χ4n) is 1.77. The molecule has 0 saturated carbocycles. The summed E-state index contributed by atoms with van der Waals surface area (Å²) in [5.74, 6) is 0. The van der Waals surface area contributed by atoms with Gasteiger partial charge >= 0.3 is 0 Å². The van der Waals surface area contributed by atoms with E-state index in [1.807, 2.05) is 31.2 Å². The molecule has 0 aliphatic heterocycles. The number of rotatable bonds is 4. The molecule has 88 valence electrons. The average Bonchev–Trinajstić information content (AvgIpc) is 2.30. The molecule has 0 atom stereocenters. The monoisotopic (exact) mass is 224 g/mol. The van der Waals surface area contributed by atoms with Gasteiger partial charge in [0.1, 0.15) is 0 Å². The first kappa shape index (κ1) is 13.2. The minimum absolute atomic E-state index is 1.05. The minimum atomic E-state index is 1.05. The third-order valence-corrected chi connectivity index (χ3v) is 2.48. The van der Waals surface area contributed by atoms with Crippen LogP contribution < -0.4 is 0 Å². The Hall–Kier alpha value is -1.82. The van der Waals surface area contributed by atoms with E-state index in [2.05, 4.69) is 50.8 Å². The highest BCUT2D eigenvalue weighted by Crippen LogP contribution is 2.26. The van der Waals surface area contributed by atoms with E-state index < -0.39 is 0 Å². The Balaban J connectivity index is 3.06. The van der Waals surface area contributed by atoms with Crippen molar-refractivity contribution in [2.24, 2.45) is 0 Å². The Morgan fingerprint density at radius 1 is 1.06 bits per heavy atom. The van der Waals surface area contributed by atoms with Crippen LogP contribution in [0.5, 0.6) is 0 Å². The second-order valence-electron chi connectivity index (χ2n) is 4.15. The van der Waals surface area contributed by atoms with Crippen LogP contribution in [-0.4, -0.2) is 0 Å². The fourth-order valence-corrected chi connectivity index (χ4v) is 1.77. The molecule has 0 heterocycles. The zero-order valence-corrected chi connectivity index (χ0v) is 10.9. The number of benzene rings is 1. The number of allylic oxidation sites excluding steroid dienone is 7. The van der Waals surface area contributed by atoms with Crippen molar-refractivity contribution >= 4 is 5.57 Å². The van der Waals surface area contributed by atoms with Gasteiger partial charge in [-0.25, -0.2) is 0 Å². The molecular formula is C17H20. The maximum atomic E-state index is 4.15. The summed E-state index contributed by atoms with van der Waals surface area (Å²) in [5.41, 5.74) is 4.79. The van der Waals surface area contributed by atoms with Gasteiger partial charge in [-0.15, -0.1) is 0 Å². The quantitative estimate of drug-likeness (QED) is 0.619. The van der Waals surface area contributed by atoms with E-state index in [-0.39, 0.29) is 0 Å². The lowest BCUT2D eigenvalue weighted by Crippen LogP contribution is -1.89. The van der Waals surface area contributed by atoms with Crippen LogP contribution in [0.4, 0.5) is 0 Å². The van der Waals surface area contributed by atoms with Crippen LogP contribution in [0.2, 0.25) is 0 Å². The standard InChI is InChI=1S/C17H20/c1-5-6-8-11-15(4)17(14(2)3)16-12-9-7-10-13-16/h5-13H,4H2,1-3H3/b6-5-,11-8-. The summed E-state index contributed by atoms with van der Waals surface area (Å²) in [7, 11) is 0. The molecular weight excluding hydrogens is 204 g/mol. The molecule has 0 N–H and O–H groups in total. The molecule has 1 rings (SSSR count). The smallest absolute Gasteiger partial charge is 0.0131 e. The molecule has 0 saturated heterocycles. The lowest BCUT2D eigenvalue weighted by Gasteiger charge is -2.10. The van der Waals surface area contributed by atoms with Gasteiger partial charge in [0.15, 0.2) is 0 Å². The molecule has 0 aliphatic rings. The SMILES string of the molecule is C=C(/C=C\C=C/C)C(=C(C)C)c1ccccc1. The van der Waals surface area contributed by atoms with E-state index in [9.17, 15) is 0 Å². The Kier molecular flexibility index (Phi) is 5.22. The third-order valence-electron chi connectivity index (χ3n) is 2.48. The zero-order valence-electron chi connectivity index (χ0n) is 10.9. The Labute approximate surface area is 105 Å². The summed E-state index contributed by atoms with van der Waals surface area (Å²) in [5, 5.41) is 0. The predicted octanol–water partition coefficient (Wildman–Crippen LogP) is 5.17. The highest BCUT2D eigenvalue weighted by Gasteiger charge is 2.04. The largest absolute Gasteiger partial charge is 0.0911 e. The van der Waals surface area contributed by atoms with Crippen LogP contribution in [0.25, 0.3) is 5.57 Å². The van der Waals surface area contributed by atoms with Crippen molar-refractivity contribution in [3.8, 4) is 0 Å². The van der Waals surface area contributed by atoms with Gasteiger partial charge in [-0.05, 0) is 37.5 Å². The molecule has 0 nitrogen and oxygen atoms in total. The van der Waals surface area contributed by atoms with Gasteiger partial charge < -0.3 is 0 Å². The molecule has 0 aliphatic carbocycles. The molecule has 1 aromatic rings. The van der Waals surface area contributed by atoms with Crippen LogP contribution in [0.1, 0.15) is 26.3 Å². The highest BCUT2D eigenvalue weighted by molar-refractivity contribution is 5.82. The van der Waals surface area contributed by atoms with Crippen molar-refractivity contribution in [1.82, 2.24) is 0 Å². The molecule has 0 spiro atoms.